The normalized spacial score (nSPS) is 11.8. The van der Waals surface area contributed by atoms with E-state index in [1.165, 1.54) is 0 Å². The Morgan fingerprint density at radius 3 is 3.13 bits per heavy atom. The summed E-state index contributed by atoms with van der Waals surface area (Å²) in [6.07, 6.45) is 1.63. The first-order valence-corrected chi connectivity index (χ1v) is 4.85. The van der Waals surface area contributed by atoms with Crippen LogP contribution in [0.25, 0.3) is 0 Å². The van der Waals surface area contributed by atoms with E-state index < -0.39 is 0 Å². The van der Waals surface area contributed by atoms with Gasteiger partial charge in [-0.2, -0.15) is 5.26 Å². The number of hydrogen-bond acceptors (Lipinski definition) is 4. The molecule has 1 unspecified atom stereocenters. The topological polar surface area (TPSA) is 57.9 Å². The summed E-state index contributed by atoms with van der Waals surface area (Å²) in [4.78, 5) is 3.90. The van der Waals surface area contributed by atoms with Crippen molar-refractivity contribution in [3.8, 4) is 6.07 Å². The number of anilines is 1. The van der Waals surface area contributed by atoms with Gasteiger partial charge in [0.2, 0.25) is 0 Å². The van der Waals surface area contributed by atoms with E-state index in [4.69, 9.17) is 10.00 Å². The van der Waals surface area contributed by atoms with Crippen molar-refractivity contribution >= 4 is 5.69 Å². The van der Waals surface area contributed by atoms with Gasteiger partial charge in [0.25, 0.3) is 0 Å². The highest BCUT2D eigenvalue weighted by molar-refractivity contribution is 5.45. The van der Waals surface area contributed by atoms with Gasteiger partial charge in [-0.05, 0) is 18.1 Å². The number of rotatable bonds is 5. The summed E-state index contributed by atoms with van der Waals surface area (Å²) in [7, 11) is 1.69. The first-order chi connectivity index (χ1) is 7.26. The molecule has 0 radical (unpaired) electrons. The van der Waals surface area contributed by atoms with Crippen molar-refractivity contribution < 1.29 is 4.74 Å². The number of aromatic nitrogens is 1. The van der Waals surface area contributed by atoms with Crippen LogP contribution >= 0.6 is 0 Å². The van der Waals surface area contributed by atoms with Crippen LogP contribution in [0.2, 0.25) is 0 Å². The first kappa shape index (κ1) is 11.5. The Hall–Kier alpha value is -1.60. The molecule has 0 aliphatic heterocycles. The minimum absolute atomic E-state index is 0.430. The lowest BCUT2D eigenvalue weighted by Crippen LogP contribution is -2.15. The van der Waals surface area contributed by atoms with Gasteiger partial charge in [0.05, 0.1) is 6.61 Å². The van der Waals surface area contributed by atoms with E-state index in [1.54, 1.807) is 19.4 Å². The Balaban J connectivity index is 2.47. The Morgan fingerprint density at radius 2 is 2.47 bits per heavy atom. The maximum Gasteiger partial charge on any atom is 0.142 e. The molecule has 0 fully saturated rings. The van der Waals surface area contributed by atoms with Crippen LogP contribution in [0.5, 0.6) is 0 Å². The minimum atomic E-state index is 0.430. The van der Waals surface area contributed by atoms with Crippen molar-refractivity contribution in [2.75, 3.05) is 25.6 Å². The maximum atomic E-state index is 8.66. The molecular formula is C11H15N3O. The molecule has 0 spiro atoms. The molecule has 0 saturated heterocycles. The first-order valence-electron chi connectivity index (χ1n) is 4.85. The average Bonchev–Trinajstić information content (AvgIpc) is 2.27. The van der Waals surface area contributed by atoms with Gasteiger partial charge in [-0.1, -0.05) is 6.92 Å². The van der Waals surface area contributed by atoms with Gasteiger partial charge in [0.1, 0.15) is 11.8 Å². The lowest BCUT2D eigenvalue weighted by molar-refractivity contribution is 0.164. The number of methoxy groups -OCH3 is 1. The van der Waals surface area contributed by atoms with Gasteiger partial charge in [-0.3, -0.25) is 0 Å². The molecule has 80 valence electrons. The van der Waals surface area contributed by atoms with Gasteiger partial charge in [0, 0.05) is 25.5 Å². The standard InChI is InChI=1S/C11H15N3O/c1-9(8-15-2)7-14-10-3-4-13-11(5-10)6-12/h3-5,9H,7-8H2,1-2H3,(H,13,14). The number of nitriles is 1. The predicted molar refractivity (Wildman–Crippen MR) is 58.5 cm³/mol. The predicted octanol–water partition coefficient (Wildman–Crippen LogP) is 1.65. The summed E-state index contributed by atoms with van der Waals surface area (Å²) >= 11 is 0. The molecule has 15 heavy (non-hydrogen) atoms. The van der Waals surface area contributed by atoms with Crippen molar-refractivity contribution in [1.82, 2.24) is 4.98 Å². The third-order valence-electron chi connectivity index (χ3n) is 1.98. The SMILES string of the molecule is COCC(C)CNc1ccnc(C#N)c1. The molecule has 0 bridgehead atoms. The number of nitrogens with zero attached hydrogens (tertiary/aromatic N) is 2. The summed E-state index contributed by atoms with van der Waals surface area (Å²) < 4.78 is 5.03. The molecule has 4 heteroatoms. The zero-order chi connectivity index (χ0) is 11.1. The highest BCUT2D eigenvalue weighted by atomic mass is 16.5. The summed E-state index contributed by atoms with van der Waals surface area (Å²) in [5, 5.41) is 11.9. The second-order valence-electron chi connectivity index (χ2n) is 3.48. The van der Waals surface area contributed by atoms with E-state index in [1.807, 2.05) is 12.1 Å². The molecule has 1 heterocycles. The fourth-order valence-corrected chi connectivity index (χ4v) is 1.24. The Morgan fingerprint density at radius 1 is 1.67 bits per heavy atom. The summed E-state index contributed by atoms with van der Waals surface area (Å²) in [5.41, 5.74) is 1.35. The quantitative estimate of drug-likeness (QED) is 0.794. The van der Waals surface area contributed by atoms with E-state index in [0.717, 1.165) is 18.8 Å². The van der Waals surface area contributed by atoms with Crippen LogP contribution in [0.4, 0.5) is 5.69 Å². The van der Waals surface area contributed by atoms with Gasteiger partial charge in [-0.15, -0.1) is 0 Å². The lowest BCUT2D eigenvalue weighted by Gasteiger charge is -2.12. The van der Waals surface area contributed by atoms with Crippen LogP contribution in [-0.2, 0) is 4.74 Å². The van der Waals surface area contributed by atoms with Crippen LogP contribution in [0.15, 0.2) is 18.3 Å². The zero-order valence-electron chi connectivity index (χ0n) is 9.03. The minimum Gasteiger partial charge on any atom is -0.385 e. The number of nitrogens with one attached hydrogen (secondary N) is 1. The van der Waals surface area contributed by atoms with Crippen LogP contribution in [0.3, 0.4) is 0 Å². The highest BCUT2D eigenvalue weighted by Gasteiger charge is 2.01. The fourth-order valence-electron chi connectivity index (χ4n) is 1.24. The molecule has 1 atom stereocenters. The lowest BCUT2D eigenvalue weighted by atomic mass is 10.2. The summed E-state index contributed by atoms with van der Waals surface area (Å²) in [6, 6.07) is 5.59. The Bertz CT molecular complexity index is 346. The van der Waals surface area contributed by atoms with Gasteiger partial charge in [0.15, 0.2) is 0 Å². The van der Waals surface area contributed by atoms with E-state index >= 15 is 0 Å². The van der Waals surface area contributed by atoms with E-state index in [2.05, 4.69) is 17.2 Å². The number of pyridine rings is 1. The van der Waals surface area contributed by atoms with E-state index in [9.17, 15) is 0 Å². The Labute approximate surface area is 89.9 Å². The summed E-state index contributed by atoms with van der Waals surface area (Å²) in [6.45, 7) is 3.65. The molecule has 0 saturated carbocycles. The average molecular weight is 205 g/mol. The van der Waals surface area contributed by atoms with Crippen LogP contribution in [0, 0.1) is 17.2 Å². The zero-order valence-corrected chi connectivity index (χ0v) is 9.03. The van der Waals surface area contributed by atoms with E-state index in [-0.39, 0.29) is 0 Å². The number of ether oxygens (including phenoxy) is 1. The van der Waals surface area contributed by atoms with Gasteiger partial charge < -0.3 is 10.1 Å². The molecule has 0 amide bonds. The Kier molecular flexibility index (Phi) is 4.58. The second-order valence-corrected chi connectivity index (χ2v) is 3.48. The smallest absolute Gasteiger partial charge is 0.142 e. The third kappa shape index (κ3) is 3.96. The van der Waals surface area contributed by atoms with Crippen LogP contribution in [0.1, 0.15) is 12.6 Å². The molecule has 4 nitrogen and oxygen atoms in total. The molecule has 1 aromatic rings. The van der Waals surface area contributed by atoms with Crippen molar-refractivity contribution in [3.05, 3.63) is 24.0 Å². The fraction of sp³-hybridized carbons (Fsp3) is 0.455. The van der Waals surface area contributed by atoms with Gasteiger partial charge >= 0.3 is 0 Å². The van der Waals surface area contributed by atoms with Crippen LogP contribution in [-0.4, -0.2) is 25.2 Å². The third-order valence-corrected chi connectivity index (χ3v) is 1.98. The number of hydrogen-bond donors (Lipinski definition) is 1. The molecule has 0 aliphatic rings. The molecule has 0 aromatic carbocycles. The molecule has 1 aromatic heterocycles. The maximum absolute atomic E-state index is 8.66. The van der Waals surface area contributed by atoms with E-state index in [0.29, 0.717) is 11.6 Å². The monoisotopic (exact) mass is 205 g/mol. The van der Waals surface area contributed by atoms with Crippen molar-refractivity contribution in [2.45, 2.75) is 6.92 Å². The van der Waals surface area contributed by atoms with Crippen molar-refractivity contribution in [3.63, 3.8) is 0 Å². The molecule has 1 N–H and O–H groups in total. The molecular weight excluding hydrogens is 190 g/mol. The molecule has 0 aliphatic carbocycles. The van der Waals surface area contributed by atoms with Gasteiger partial charge in [-0.25, -0.2) is 4.98 Å². The summed E-state index contributed by atoms with van der Waals surface area (Å²) in [5.74, 6) is 0.439. The largest absolute Gasteiger partial charge is 0.385 e. The second kappa shape index (κ2) is 5.99. The van der Waals surface area contributed by atoms with Crippen molar-refractivity contribution in [1.29, 1.82) is 5.26 Å². The van der Waals surface area contributed by atoms with Crippen molar-refractivity contribution in [2.24, 2.45) is 5.92 Å². The highest BCUT2D eigenvalue weighted by Crippen LogP contribution is 2.08. The van der Waals surface area contributed by atoms with Crippen LogP contribution < -0.4 is 5.32 Å². The molecule has 1 rings (SSSR count).